The summed E-state index contributed by atoms with van der Waals surface area (Å²) in [6.07, 6.45) is 25.2. The van der Waals surface area contributed by atoms with Gasteiger partial charge in [-0.05, 0) is 39.0 Å². The molecule has 0 aliphatic carbocycles. The van der Waals surface area contributed by atoms with Gasteiger partial charge in [-0.2, -0.15) is 0 Å². The fraction of sp³-hybridized carbons (Fsp3) is 0.792. The van der Waals surface area contributed by atoms with Crippen LogP contribution in [0.5, 0.6) is 0 Å². The minimum Gasteiger partial charge on any atom is -0.338 e. The number of amides is 1. The van der Waals surface area contributed by atoms with Gasteiger partial charge in [0.2, 0.25) is 5.91 Å². The normalized spacial score (nSPS) is 22.5. The van der Waals surface area contributed by atoms with E-state index in [0.29, 0.717) is 6.17 Å². The molecule has 2 N–H and O–H groups in total. The molecule has 1 rings (SSSR count). The minimum absolute atomic E-state index is 0.0477. The molecule has 0 aromatic rings. The highest BCUT2D eigenvalue weighted by atomic mass is 16.1. The molecule has 0 saturated carbocycles. The molecular weight excluding hydrogens is 346 g/mol. The highest BCUT2D eigenvalue weighted by Crippen LogP contribution is 2.26. The molecule has 1 aliphatic heterocycles. The maximum Gasteiger partial charge on any atom is 0.221 e. The summed E-state index contributed by atoms with van der Waals surface area (Å²) < 4.78 is 0.806. The number of quaternary nitrogens is 1. The van der Waals surface area contributed by atoms with E-state index in [1.807, 2.05) is 0 Å². The molecule has 0 radical (unpaired) electrons. The third kappa shape index (κ3) is 8.81. The standard InChI is InChI=1S/C24H45N3O/c1-5-7-8-9-10-11-12-13-14-15-16-17-18-19-24-25-20-21-27(24,6-2)22(3)26-23(4)28/h12-13,20-22,24-25H,5-11,14-19H2,1-4H3/p+1/b13-12+. The van der Waals surface area contributed by atoms with Gasteiger partial charge in [-0.1, -0.05) is 57.6 Å². The molecule has 0 saturated heterocycles. The van der Waals surface area contributed by atoms with Crippen LogP contribution in [0.1, 0.15) is 105 Å². The van der Waals surface area contributed by atoms with Crippen LogP contribution in [-0.2, 0) is 4.79 Å². The van der Waals surface area contributed by atoms with Crippen molar-refractivity contribution in [2.24, 2.45) is 0 Å². The van der Waals surface area contributed by atoms with Gasteiger partial charge < -0.3 is 10.6 Å². The first-order chi connectivity index (χ1) is 13.6. The van der Waals surface area contributed by atoms with E-state index in [1.165, 1.54) is 70.6 Å². The van der Waals surface area contributed by atoms with Gasteiger partial charge >= 0.3 is 0 Å². The van der Waals surface area contributed by atoms with Gasteiger partial charge in [0, 0.05) is 20.3 Å². The molecule has 0 bridgehead atoms. The van der Waals surface area contributed by atoms with E-state index in [0.717, 1.165) is 17.4 Å². The Morgan fingerprint density at radius 2 is 1.64 bits per heavy atom. The van der Waals surface area contributed by atoms with Crippen LogP contribution in [0.25, 0.3) is 0 Å². The second kappa shape index (κ2) is 14.7. The Morgan fingerprint density at radius 3 is 2.21 bits per heavy atom. The molecule has 4 heteroatoms. The van der Waals surface area contributed by atoms with Gasteiger partial charge in [0.1, 0.15) is 6.20 Å². The van der Waals surface area contributed by atoms with E-state index in [-0.39, 0.29) is 12.1 Å². The fourth-order valence-corrected chi connectivity index (χ4v) is 4.33. The topological polar surface area (TPSA) is 41.1 Å². The van der Waals surface area contributed by atoms with E-state index in [2.05, 4.69) is 56.0 Å². The van der Waals surface area contributed by atoms with Crippen molar-refractivity contribution in [1.29, 1.82) is 0 Å². The first-order valence-corrected chi connectivity index (χ1v) is 11.8. The quantitative estimate of drug-likeness (QED) is 0.193. The number of unbranched alkanes of at least 4 members (excludes halogenated alkanes) is 9. The lowest BCUT2D eigenvalue weighted by molar-refractivity contribution is -0.923. The number of carbonyl (C=O) groups excluding carboxylic acids is 1. The summed E-state index contributed by atoms with van der Waals surface area (Å²) in [6, 6.07) is 0. The third-order valence-electron chi connectivity index (χ3n) is 6.14. The van der Waals surface area contributed by atoms with Crippen LogP contribution in [0.4, 0.5) is 0 Å². The molecule has 3 unspecified atom stereocenters. The monoisotopic (exact) mass is 392 g/mol. The highest BCUT2D eigenvalue weighted by molar-refractivity contribution is 5.72. The molecule has 1 heterocycles. The Hall–Kier alpha value is -1.29. The van der Waals surface area contributed by atoms with Gasteiger partial charge in [0.25, 0.3) is 0 Å². The molecular formula is C24H46N3O+. The minimum atomic E-state index is 0.0477. The molecule has 162 valence electrons. The predicted molar refractivity (Wildman–Crippen MR) is 120 cm³/mol. The molecule has 0 aromatic carbocycles. The van der Waals surface area contributed by atoms with Crippen molar-refractivity contribution in [2.45, 2.75) is 117 Å². The first kappa shape index (κ1) is 24.7. The highest BCUT2D eigenvalue weighted by Gasteiger charge is 2.41. The molecule has 1 aliphatic rings. The number of carbonyl (C=O) groups is 1. The summed E-state index contributed by atoms with van der Waals surface area (Å²) in [5, 5.41) is 6.62. The van der Waals surface area contributed by atoms with Crippen molar-refractivity contribution in [3.63, 3.8) is 0 Å². The van der Waals surface area contributed by atoms with Crippen molar-refractivity contribution in [2.75, 3.05) is 6.54 Å². The van der Waals surface area contributed by atoms with Crippen LogP contribution >= 0.6 is 0 Å². The molecule has 0 aromatic heterocycles. The van der Waals surface area contributed by atoms with Crippen LogP contribution in [0.15, 0.2) is 24.6 Å². The van der Waals surface area contributed by atoms with Gasteiger partial charge in [0.15, 0.2) is 12.3 Å². The smallest absolute Gasteiger partial charge is 0.221 e. The van der Waals surface area contributed by atoms with Crippen LogP contribution in [0.2, 0.25) is 0 Å². The lowest BCUT2D eigenvalue weighted by Gasteiger charge is -2.41. The van der Waals surface area contributed by atoms with E-state index in [9.17, 15) is 4.79 Å². The van der Waals surface area contributed by atoms with Crippen LogP contribution in [0.3, 0.4) is 0 Å². The molecule has 0 spiro atoms. The molecule has 1 amide bonds. The van der Waals surface area contributed by atoms with E-state index in [4.69, 9.17) is 0 Å². The zero-order valence-corrected chi connectivity index (χ0v) is 19.0. The zero-order valence-electron chi connectivity index (χ0n) is 19.0. The number of hydrogen-bond acceptors (Lipinski definition) is 2. The zero-order chi connectivity index (χ0) is 20.7. The number of rotatable bonds is 16. The summed E-state index contributed by atoms with van der Waals surface area (Å²) in [6.45, 7) is 9.18. The van der Waals surface area contributed by atoms with Gasteiger partial charge in [-0.3, -0.25) is 9.28 Å². The van der Waals surface area contributed by atoms with Gasteiger partial charge in [0.05, 0.1) is 12.7 Å². The van der Waals surface area contributed by atoms with Crippen LogP contribution < -0.4 is 10.6 Å². The number of nitrogens with zero attached hydrogens (tertiary/aromatic N) is 1. The second-order valence-electron chi connectivity index (χ2n) is 8.35. The van der Waals surface area contributed by atoms with Crippen molar-refractivity contribution in [3.05, 3.63) is 24.6 Å². The maximum atomic E-state index is 11.5. The van der Waals surface area contributed by atoms with Crippen LogP contribution in [0, 0.1) is 0 Å². The third-order valence-corrected chi connectivity index (χ3v) is 6.14. The first-order valence-electron chi connectivity index (χ1n) is 11.8. The average molecular weight is 393 g/mol. The summed E-state index contributed by atoms with van der Waals surface area (Å²) >= 11 is 0. The van der Waals surface area contributed by atoms with E-state index in [1.54, 1.807) is 6.92 Å². The molecule has 0 fully saturated rings. The largest absolute Gasteiger partial charge is 0.338 e. The van der Waals surface area contributed by atoms with E-state index < -0.39 is 0 Å². The Bertz CT molecular complexity index is 474. The number of hydrogen-bond donors (Lipinski definition) is 2. The Balaban J connectivity index is 2.14. The Labute approximate surface area is 174 Å². The van der Waals surface area contributed by atoms with Crippen LogP contribution in [-0.4, -0.2) is 29.3 Å². The summed E-state index contributed by atoms with van der Waals surface area (Å²) in [5.41, 5.74) is 0. The van der Waals surface area contributed by atoms with Crippen molar-refractivity contribution in [1.82, 2.24) is 10.6 Å². The molecule has 28 heavy (non-hydrogen) atoms. The Morgan fingerprint density at radius 1 is 1.04 bits per heavy atom. The predicted octanol–water partition coefficient (Wildman–Crippen LogP) is 5.96. The SMILES string of the molecule is CCCCCCC/C=C/CCCCCCC1NC=C[N+]1(CC)C(C)NC(C)=O. The number of allylic oxidation sites excluding steroid dienone is 2. The lowest BCUT2D eigenvalue weighted by Crippen LogP contribution is -2.62. The summed E-state index contributed by atoms with van der Waals surface area (Å²) in [5.74, 6) is 0.0477. The maximum absolute atomic E-state index is 11.5. The van der Waals surface area contributed by atoms with Gasteiger partial charge in [-0.25, -0.2) is 0 Å². The summed E-state index contributed by atoms with van der Waals surface area (Å²) in [7, 11) is 0. The van der Waals surface area contributed by atoms with Crippen molar-refractivity contribution >= 4 is 5.91 Å². The number of nitrogens with one attached hydrogen (secondary N) is 2. The fourth-order valence-electron chi connectivity index (χ4n) is 4.33. The second-order valence-corrected chi connectivity index (χ2v) is 8.35. The average Bonchev–Trinajstić information content (AvgIpc) is 3.09. The van der Waals surface area contributed by atoms with Gasteiger partial charge in [-0.15, -0.1) is 0 Å². The van der Waals surface area contributed by atoms with Crippen molar-refractivity contribution in [3.8, 4) is 0 Å². The summed E-state index contributed by atoms with van der Waals surface area (Å²) in [4.78, 5) is 11.5. The van der Waals surface area contributed by atoms with E-state index >= 15 is 0 Å². The Kier molecular flexibility index (Phi) is 13.0. The lowest BCUT2D eigenvalue weighted by atomic mass is 10.1. The molecule has 3 atom stereocenters. The molecule has 4 nitrogen and oxygen atoms in total. The van der Waals surface area contributed by atoms with Crippen molar-refractivity contribution < 1.29 is 9.28 Å².